The molecule has 6 atom stereocenters. The van der Waals surface area contributed by atoms with Crippen molar-refractivity contribution in [1.29, 1.82) is 0 Å². The van der Waals surface area contributed by atoms with Gasteiger partial charge in [0.2, 0.25) is 0 Å². The molecular formula is C47H57N3O5. The fourth-order valence-corrected chi connectivity index (χ4v) is 10.4. The molecule has 0 aromatic heterocycles. The molecule has 0 unspecified atom stereocenters. The molecule has 2 amide bonds. The van der Waals surface area contributed by atoms with E-state index in [0.29, 0.717) is 13.1 Å². The highest BCUT2D eigenvalue weighted by molar-refractivity contribution is 5.75. The molecule has 4 aromatic rings. The Hall–Kier alpha value is -4.05. The fourth-order valence-electron chi connectivity index (χ4n) is 10.4. The third kappa shape index (κ3) is 8.40. The summed E-state index contributed by atoms with van der Waals surface area (Å²) in [6.07, 6.45) is 5.85. The minimum atomic E-state index is -0.635. The number of urea groups is 1. The molecule has 8 nitrogen and oxygen atoms in total. The van der Waals surface area contributed by atoms with Crippen LogP contribution in [0, 0.1) is 23.7 Å². The van der Waals surface area contributed by atoms with Crippen molar-refractivity contribution in [2.45, 2.75) is 102 Å². The molecule has 290 valence electrons. The van der Waals surface area contributed by atoms with Gasteiger partial charge in [-0.25, -0.2) is 4.79 Å². The Morgan fingerprint density at radius 3 is 2.13 bits per heavy atom. The van der Waals surface area contributed by atoms with Crippen LogP contribution in [0.15, 0.2) is 103 Å². The zero-order valence-electron chi connectivity index (χ0n) is 32.4. The summed E-state index contributed by atoms with van der Waals surface area (Å²) in [7, 11) is 2.04. The van der Waals surface area contributed by atoms with E-state index in [9.17, 15) is 15.0 Å². The number of carbonyl (C=O) groups is 1. The Kier molecular flexibility index (Phi) is 11.2. The monoisotopic (exact) mass is 743 g/mol. The second-order valence-corrected chi connectivity index (χ2v) is 17.2. The molecule has 0 spiro atoms. The number of amides is 2. The van der Waals surface area contributed by atoms with Crippen LogP contribution in [-0.2, 0) is 22.6 Å². The molecular weight excluding hydrogens is 687 g/mol. The number of rotatable bonds is 12. The van der Waals surface area contributed by atoms with E-state index >= 15 is 0 Å². The van der Waals surface area contributed by atoms with E-state index in [1.165, 1.54) is 19.3 Å². The normalized spacial score (nSPS) is 29.5. The van der Waals surface area contributed by atoms with Gasteiger partial charge in [0.15, 0.2) is 6.29 Å². The lowest BCUT2D eigenvalue weighted by Gasteiger charge is -2.56. The summed E-state index contributed by atoms with van der Waals surface area (Å²) in [5.74, 6) is 2.39. The number of hydrogen-bond donors (Lipinski definition) is 4. The average molecular weight is 744 g/mol. The highest BCUT2D eigenvalue weighted by Gasteiger charge is 2.51. The number of nitrogens with zero attached hydrogens (tertiary/aromatic N) is 1. The number of benzene rings is 4. The molecule has 1 aliphatic heterocycles. The first-order valence-corrected chi connectivity index (χ1v) is 20.3. The van der Waals surface area contributed by atoms with Crippen molar-refractivity contribution < 1.29 is 24.5 Å². The van der Waals surface area contributed by atoms with Crippen LogP contribution in [0.1, 0.15) is 98.7 Å². The summed E-state index contributed by atoms with van der Waals surface area (Å²) < 4.78 is 13.5. The van der Waals surface area contributed by atoms with E-state index in [-0.39, 0.29) is 42.3 Å². The summed E-state index contributed by atoms with van der Waals surface area (Å²) in [6.45, 7) is 5.28. The Morgan fingerprint density at radius 1 is 0.818 bits per heavy atom. The van der Waals surface area contributed by atoms with E-state index < -0.39 is 12.4 Å². The quantitative estimate of drug-likeness (QED) is 0.116. The number of aliphatic hydroxyl groups is 2. The minimum Gasteiger partial charge on any atom is -0.392 e. The predicted molar refractivity (Wildman–Crippen MR) is 215 cm³/mol. The zero-order chi connectivity index (χ0) is 38.1. The van der Waals surface area contributed by atoms with Crippen LogP contribution in [-0.4, -0.2) is 52.4 Å². The molecule has 4 aliphatic carbocycles. The highest BCUT2D eigenvalue weighted by Crippen LogP contribution is 2.55. The summed E-state index contributed by atoms with van der Waals surface area (Å²) in [6, 6.07) is 34.3. The van der Waals surface area contributed by atoms with Crippen molar-refractivity contribution in [1.82, 2.24) is 15.5 Å². The van der Waals surface area contributed by atoms with Gasteiger partial charge in [-0.15, -0.1) is 0 Å². The third-order valence-corrected chi connectivity index (χ3v) is 13.2. The first kappa shape index (κ1) is 37.9. The largest absolute Gasteiger partial charge is 0.392 e. The summed E-state index contributed by atoms with van der Waals surface area (Å²) in [4.78, 5) is 15.3. The molecule has 0 radical (unpaired) electrons. The molecule has 5 fully saturated rings. The van der Waals surface area contributed by atoms with Crippen LogP contribution in [0.5, 0.6) is 0 Å². The zero-order valence-corrected chi connectivity index (χ0v) is 32.4. The van der Waals surface area contributed by atoms with Gasteiger partial charge < -0.3 is 30.3 Å². The lowest BCUT2D eigenvalue weighted by molar-refractivity contribution is -0.276. The maximum absolute atomic E-state index is 13.1. The Bertz CT molecular complexity index is 1860. The summed E-state index contributed by atoms with van der Waals surface area (Å²) >= 11 is 0. The van der Waals surface area contributed by atoms with Gasteiger partial charge in [0.1, 0.15) is 0 Å². The number of ether oxygens (including phenoxy) is 2. The van der Waals surface area contributed by atoms with Crippen molar-refractivity contribution in [3.63, 3.8) is 0 Å². The smallest absolute Gasteiger partial charge is 0.315 e. The number of likely N-dealkylation sites (N-methyl/N-ethyl adjacent to an activating group) is 1. The van der Waals surface area contributed by atoms with E-state index in [0.717, 1.165) is 76.0 Å². The van der Waals surface area contributed by atoms with Gasteiger partial charge in [-0.2, -0.15) is 0 Å². The molecule has 4 saturated carbocycles. The van der Waals surface area contributed by atoms with Crippen molar-refractivity contribution in [3.05, 3.63) is 131 Å². The topological polar surface area (TPSA) is 103 Å². The summed E-state index contributed by atoms with van der Waals surface area (Å²) in [5.41, 5.74) is 6.93. The van der Waals surface area contributed by atoms with Gasteiger partial charge in [-0.05, 0) is 110 Å². The molecule has 4 N–H and O–H groups in total. The van der Waals surface area contributed by atoms with Gasteiger partial charge in [-0.3, -0.25) is 4.90 Å². The van der Waals surface area contributed by atoms with Gasteiger partial charge in [0, 0.05) is 36.2 Å². The lowest BCUT2D eigenvalue weighted by atomic mass is 9.53. The maximum atomic E-state index is 13.1. The molecule has 8 heteroatoms. The van der Waals surface area contributed by atoms with E-state index in [2.05, 4.69) is 71.0 Å². The molecule has 5 aliphatic rings. The third-order valence-electron chi connectivity index (χ3n) is 13.2. The van der Waals surface area contributed by atoms with Crippen molar-refractivity contribution in [3.8, 4) is 11.1 Å². The minimum absolute atomic E-state index is 0.00396. The average Bonchev–Trinajstić information content (AvgIpc) is 3.20. The molecule has 4 aromatic carbocycles. The lowest BCUT2D eigenvalue weighted by Crippen LogP contribution is -2.61. The first-order chi connectivity index (χ1) is 26.6. The first-order valence-electron chi connectivity index (χ1n) is 20.3. The Balaban J connectivity index is 0.942. The number of nitrogens with one attached hydrogen (secondary N) is 2. The van der Waals surface area contributed by atoms with Gasteiger partial charge >= 0.3 is 6.03 Å². The van der Waals surface area contributed by atoms with E-state index in [4.69, 9.17) is 9.47 Å². The SMILES string of the molecule is C[C@H]1[C@@H](CN(C)[C@H](C)[C@@H](O)c2ccccc2)O[C@@H](c2ccc(-c3cccc(CNC(=O)NC45CC6CC(CC(C6)C4)C5)c3)cc2)O[C@H]1c1ccc(CO)cc1. The van der Waals surface area contributed by atoms with Gasteiger partial charge in [0.05, 0.1) is 24.9 Å². The fraction of sp³-hybridized carbons (Fsp3) is 0.468. The standard InChI is InChI=1S/C47H57N3O5/c1-30-42(28-50(3)31(2)43(52)38-9-5-4-6-10-38)54-45(55-44(30)39-14-12-32(29-51)13-15-39)40-18-16-37(17-19-40)41-11-7-8-33(23-41)27-48-46(53)49-47-24-34-20-35(25-47)22-36(21-34)26-47/h4-19,23,30-31,34-36,42-45,51-52H,20-22,24-29H2,1-3H3,(H2,48,49,53)/t30-,31+,34?,35?,36?,42+,43+,44+,45+,47?/m0/s1. The van der Waals surface area contributed by atoms with Gasteiger partial charge in [-0.1, -0.05) is 104 Å². The second kappa shape index (κ2) is 16.2. The van der Waals surface area contributed by atoms with E-state index in [1.54, 1.807) is 0 Å². The van der Waals surface area contributed by atoms with Crippen molar-refractivity contribution >= 4 is 6.03 Å². The van der Waals surface area contributed by atoms with Crippen LogP contribution >= 0.6 is 0 Å². The molecule has 55 heavy (non-hydrogen) atoms. The summed E-state index contributed by atoms with van der Waals surface area (Å²) in [5, 5.41) is 27.5. The van der Waals surface area contributed by atoms with Crippen LogP contribution in [0.2, 0.25) is 0 Å². The maximum Gasteiger partial charge on any atom is 0.315 e. The molecule has 4 bridgehead atoms. The molecule has 1 heterocycles. The van der Waals surface area contributed by atoms with E-state index in [1.807, 2.05) is 68.6 Å². The number of aliphatic hydroxyl groups excluding tert-OH is 2. The van der Waals surface area contributed by atoms with Crippen LogP contribution < -0.4 is 10.6 Å². The van der Waals surface area contributed by atoms with Crippen molar-refractivity contribution in [2.24, 2.45) is 23.7 Å². The van der Waals surface area contributed by atoms with Crippen LogP contribution in [0.25, 0.3) is 11.1 Å². The Morgan fingerprint density at radius 2 is 1.47 bits per heavy atom. The Labute approximate surface area is 326 Å². The van der Waals surface area contributed by atoms with Crippen LogP contribution in [0.4, 0.5) is 4.79 Å². The molecule has 1 saturated heterocycles. The van der Waals surface area contributed by atoms with Crippen LogP contribution in [0.3, 0.4) is 0 Å². The highest BCUT2D eigenvalue weighted by atomic mass is 16.7. The number of hydrogen-bond acceptors (Lipinski definition) is 6. The van der Waals surface area contributed by atoms with Crippen molar-refractivity contribution in [2.75, 3.05) is 13.6 Å². The number of carbonyl (C=O) groups excluding carboxylic acids is 1. The second-order valence-electron chi connectivity index (χ2n) is 17.2. The van der Waals surface area contributed by atoms with Gasteiger partial charge in [0.25, 0.3) is 0 Å². The molecule has 9 rings (SSSR count). The predicted octanol–water partition coefficient (Wildman–Crippen LogP) is 8.46.